The fraction of sp³-hybridized carbons (Fsp3) is 0.200. The lowest BCUT2D eigenvalue weighted by Gasteiger charge is -2.26. The zero-order valence-electron chi connectivity index (χ0n) is 24.1. The van der Waals surface area contributed by atoms with Gasteiger partial charge in [-0.25, -0.2) is 9.78 Å². The second-order valence-corrected chi connectivity index (χ2v) is 10.5. The predicted octanol–water partition coefficient (Wildman–Crippen LogP) is 8.42. The van der Waals surface area contributed by atoms with Crippen molar-refractivity contribution in [3.05, 3.63) is 126 Å². The Labute approximate surface area is 252 Å². The molecule has 0 aliphatic carbocycles. The van der Waals surface area contributed by atoms with Crippen molar-refractivity contribution in [3.8, 4) is 34.1 Å². The van der Waals surface area contributed by atoms with Crippen LogP contribution in [0.4, 0.5) is 13.2 Å². The van der Waals surface area contributed by atoms with Gasteiger partial charge in [0.05, 0.1) is 17.9 Å². The van der Waals surface area contributed by atoms with E-state index in [-0.39, 0.29) is 12.2 Å². The van der Waals surface area contributed by atoms with Crippen LogP contribution in [0, 0.1) is 6.92 Å². The number of hydrogen-bond acceptors (Lipinski definition) is 5. The molecule has 44 heavy (non-hydrogen) atoms. The van der Waals surface area contributed by atoms with E-state index in [9.17, 15) is 23.1 Å². The summed E-state index contributed by atoms with van der Waals surface area (Å²) in [6.07, 6.45) is -3.99. The lowest BCUT2D eigenvalue weighted by molar-refractivity contribution is -0.153. The first-order valence-electron chi connectivity index (χ1n) is 13.9. The summed E-state index contributed by atoms with van der Waals surface area (Å²) in [7, 11) is 0. The number of alkyl halides is 3. The highest BCUT2D eigenvalue weighted by atomic mass is 19.4. The van der Waals surface area contributed by atoms with Crippen LogP contribution in [-0.2, 0) is 23.8 Å². The van der Waals surface area contributed by atoms with Crippen molar-refractivity contribution in [2.75, 3.05) is 6.61 Å². The maximum atomic E-state index is 12.9. The second kappa shape index (κ2) is 12.7. The molecule has 0 radical (unpaired) electrons. The lowest BCUT2D eigenvalue weighted by Crippen LogP contribution is -2.43. The average Bonchev–Trinajstić information content (AvgIpc) is 3.38. The Morgan fingerprint density at radius 3 is 2.02 bits per heavy atom. The molecule has 5 rings (SSSR count). The third kappa shape index (κ3) is 7.29. The maximum Gasteiger partial charge on any atom is 0.416 e. The van der Waals surface area contributed by atoms with Gasteiger partial charge >= 0.3 is 12.1 Å². The molecule has 0 saturated carbocycles. The number of hydrogen-bond donors (Lipinski definition) is 1. The van der Waals surface area contributed by atoms with Gasteiger partial charge in [-0.3, -0.25) is 0 Å². The molecule has 1 heterocycles. The Morgan fingerprint density at radius 1 is 0.818 bits per heavy atom. The average molecular weight is 602 g/mol. The molecule has 1 unspecified atom stereocenters. The van der Waals surface area contributed by atoms with E-state index in [1.807, 2.05) is 49.4 Å². The van der Waals surface area contributed by atoms with Crippen LogP contribution >= 0.6 is 0 Å². The largest absolute Gasteiger partial charge is 0.493 e. The molecule has 4 aromatic carbocycles. The Bertz CT molecular complexity index is 1700. The van der Waals surface area contributed by atoms with Crippen LogP contribution in [0.2, 0.25) is 0 Å². The van der Waals surface area contributed by atoms with Gasteiger partial charge in [0.15, 0.2) is 0 Å². The number of carboxylic acid groups (broad SMARTS) is 1. The molecule has 1 atom stereocenters. The van der Waals surface area contributed by atoms with Gasteiger partial charge in [0.2, 0.25) is 11.5 Å². The van der Waals surface area contributed by atoms with Crippen LogP contribution < -0.4 is 9.47 Å². The summed E-state index contributed by atoms with van der Waals surface area (Å²) >= 11 is 0. The van der Waals surface area contributed by atoms with E-state index in [1.165, 1.54) is 6.92 Å². The molecule has 0 aliphatic heterocycles. The number of nitrogens with zero attached hydrogens (tertiary/aromatic N) is 1. The van der Waals surface area contributed by atoms with Crippen molar-refractivity contribution in [1.82, 2.24) is 4.98 Å². The number of aromatic nitrogens is 1. The van der Waals surface area contributed by atoms with Crippen LogP contribution in [0.3, 0.4) is 0 Å². The van der Waals surface area contributed by atoms with Gasteiger partial charge in [0.1, 0.15) is 17.3 Å². The summed E-state index contributed by atoms with van der Waals surface area (Å²) in [5.41, 5.74) is 2.03. The predicted molar refractivity (Wildman–Crippen MR) is 160 cm³/mol. The van der Waals surface area contributed by atoms with Crippen molar-refractivity contribution in [2.45, 2.75) is 38.5 Å². The summed E-state index contributed by atoms with van der Waals surface area (Å²) in [6.45, 7) is 3.59. The molecule has 0 aliphatic rings. The minimum atomic E-state index is -4.49. The third-order valence-electron chi connectivity index (χ3n) is 7.18. The standard InChI is InChI=1S/C35H30F3NO5/c1-23-31(39-32(43-23)27-12-10-26(11-13-27)25-6-4-3-5-7-25)20-21-42-29-16-8-24(9-17-29)22-34(2,33(40)41)44-30-18-14-28(15-19-30)35(36,37)38/h3-19H,20-22H2,1-2H3,(H,40,41). The number of aliphatic carboxylic acids is 1. The van der Waals surface area contributed by atoms with Crippen molar-refractivity contribution in [1.29, 1.82) is 0 Å². The quantitative estimate of drug-likeness (QED) is 0.164. The van der Waals surface area contributed by atoms with Crippen LogP contribution in [0.5, 0.6) is 11.5 Å². The molecular formula is C35H30F3NO5. The number of aryl methyl sites for hydroxylation is 1. The topological polar surface area (TPSA) is 81.8 Å². The van der Waals surface area contributed by atoms with Gasteiger partial charge in [-0.05, 0) is 79.1 Å². The molecule has 0 fully saturated rings. The molecule has 0 bridgehead atoms. The zero-order valence-corrected chi connectivity index (χ0v) is 24.1. The van der Waals surface area contributed by atoms with Crippen molar-refractivity contribution in [2.24, 2.45) is 0 Å². The summed E-state index contributed by atoms with van der Waals surface area (Å²) in [6, 6.07) is 29.0. The van der Waals surface area contributed by atoms with Gasteiger partial charge in [-0.1, -0.05) is 54.6 Å². The summed E-state index contributed by atoms with van der Waals surface area (Å²) < 4.78 is 56.0. The lowest BCUT2D eigenvalue weighted by atomic mass is 9.96. The summed E-state index contributed by atoms with van der Waals surface area (Å²) in [5.74, 6) is 0.631. The first-order valence-corrected chi connectivity index (χ1v) is 13.9. The van der Waals surface area contributed by atoms with Gasteiger partial charge < -0.3 is 19.0 Å². The van der Waals surface area contributed by atoms with Crippen molar-refractivity contribution >= 4 is 5.97 Å². The van der Waals surface area contributed by atoms with Crippen LogP contribution in [0.1, 0.15) is 29.5 Å². The van der Waals surface area contributed by atoms with Crippen molar-refractivity contribution < 1.29 is 37.0 Å². The first-order chi connectivity index (χ1) is 21.0. The molecule has 0 spiro atoms. The van der Waals surface area contributed by atoms with E-state index in [0.717, 1.165) is 46.6 Å². The highest BCUT2D eigenvalue weighted by Gasteiger charge is 2.36. The molecule has 6 nitrogen and oxygen atoms in total. The summed E-state index contributed by atoms with van der Waals surface area (Å²) in [5, 5.41) is 9.83. The number of rotatable bonds is 11. The molecule has 226 valence electrons. The highest BCUT2D eigenvalue weighted by Crippen LogP contribution is 2.32. The number of carbonyl (C=O) groups is 1. The minimum Gasteiger partial charge on any atom is -0.493 e. The van der Waals surface area contributed by atoms with Crippen LogP contribution in [-0.4, -0.2) is 28.3 Å². The van der Waals surface area contributed by atoms with E-state index in [0.29, 0.717) is 36.0 Å². The van der Waals surface area contributed by atoms with Crippen LogP contribution in [0.15, 0.2) is 108 Å². The normalized spacial score (nSPS) is 12.8. The fourth-order valence-electron chi connectivity index (χ4n) is 4.71. The monoisotopic (exact) mass is 601 g/mol. The first kappa shape index (κ1) is 30.4. The Hall–Kier alpha value is -5.05. The van der Waals surface area contributed by atoms with E-state index in [2.05, 4.69) is 17.1 Å². The van der Waals surface area contributed by atoms with Crippen LogP contribution in [0.25, 0.3) is 22.6 Å². The number of oxazole rings is 1. The number of ether oxygens (including phenoxy) is 2. The SMILES string of the molecule is Cc1oc(-c2ccc(-c3ccccc3)cc2)nc1CCOc1ccc(CC(C)(Oc2ccc(C(F)(F)F)cc2)C(=O)O)cc1. The molecular weight excluding hydrogens is 571 g/mol. The Morgan fingerprint density at radius 2 is 1.41 bits per heavy atom. The molecule has 1 N–H and O–H groups in total. The number of benzene rings is 4. The van der Waals surface area contributed by atoms with Gasteiger partial charge in [-0.15, -0.1) is 0 Å². The second-order valence-electron chi connectivity index (χ2n) is 10.5. The minimum absolute atomic E-state index is 0.0170. The van der Waals surface area contributed by atoms with E-state index >= 15 is 0 Å². The van der Waals surface area contributed by atoms with E-state index in [1.54, 1.807) is 24.3 Å². The van der Waals surface area contributed by atoms with Gasteiger partial charge in [-0.2, -0.15) is 13.2 Å². The number of halogens is 3. The summed E-state index contributed by atoms with van der Waals surface area (Å²) in [4.78, 5) is 16.7. The number of carboxylic acids is 1. The molecule has 0 amide bonds. The Balaban J connectivity index is 1.16. The third-order valence-corrected chi connectivity index (χ3v) is 7.18. The molecule has 9 heteroatoms. The maximum absolute atomic E-state index is 12.9. The highest BCUT2D eigenvalue weighted by molar-refractivity contribution is 5.78. The van der Waals surface area contributed by atoms with E-state index in [4.69, 9.17) is 13.9 Å². The molecule has 1 aromatic heterocycles. The van der Waals surface area contributed by atoms with E-state index < -0.39 is 23.3 Å². The fourth-order valence-corrected chi connectivity index (χ4v) is 4.71. The smallest absolute Gasteiger partial charge is 0.416 e. The Kier molecular flexibility index (Phi) is 8.76. The van der Waals surface area contributed by atoms with Gasteiger partial charge in [0, 0.05) is 18.4 Å². The molecule has 0 saturated heterocycles. The van der Waals surface area contributed by atoms with Gasteiger partial charge in [0.25, 0.3) is 0 Å². The van der Waals surface area contributed by atoms with Crippen molar-refractivity contribution in [3.63, 3.8) is 0 Å². The zero-order chi connectivity index (χ0) is 31.3. The molecule has 5 aromatic rings.